The molecule has 110 valence electrons. The summed E-state index contributed by atoms with van der Waals surface area (Å²) in [6, 6.07) is -0.691. The number of carbonyl (C=O) groups excluding carboxylic acids is 2. The fourth-order valence-electron chi connectivity index (χ4n) is 2.13. The molecule has 2 atom stereocenters. The maximum Gasteiger partial charge on any atom is 0.337 e. The Labute approximate surface area is 118 Å². The molecular formula is C14H20N2O4. The fourth-order valence-corrected chi connectivity index (χ4v) is 2.13. The molecule has 2 aliphatic heterocycles. The van der Waals surface area contributed by atoms with Crippen molar-refractivity contribution in [1.29, 1.82) is 0 Å². The predicted octanol–water partition coefficient (Wildman–Crippen LogP) is 2.01. The zero-order valence-electron chi connectivity index (χ0n) is 11.9. The first-order valence-corrected chi connectivity index (χ1v) is 7.13. The summed E-state index contributed by atoms with van der Waals surface area (Å²) in [5.74, 6) is 0.612. The third-order valence-corrected chi connectivity index (χ3v) is 3.33. The van der Waals surface area contributed by atoms with Gasteiger partial charge in [0.15, 0.2) is 11.8 Å². The summed E-state index contributed by atoms with van der Waals surface area (Å²) >= 11 is 0. The van der Waals surface area contributed by atoms with Crippen LogP contribution in [0.5, 0.6) is 0 Å². The largest absolute Gasteiger partial charge is 0.410 e. The Balaban J connectivity index is 1.53. The third-order valence-electron chi connectivity index (χ3n) is 3.33. The number of esters is 2. The van der Waals surface area contributed by atoms with Crippen LogP contribution in [-0.4, -0.2) is 35.8 Å². The molecule has 0 bridgehead atoms. The Morgan fingerprint density at radius 1 is 0.800 bits per heavy atom. The molecule has 2 aliphatic rings. The van der Waals surface area contributed by atoms with E-state index in [0.717, 1.165) is 25.7 Å². The molecule has 0 aromatic heterocycles. The third kappa shape index (κ3) is 3.88. The van der Waals surface area contributed by atoms with Crippen molar-refractivity contribution in [2.45, 2.75) is 64.5 Å². The van der Waals surface area contributed by atoms with Gasteiger partial charge in [-0.1, -0.05) is 12.8 Å². The van der Waals surface area contributed by atoms with Crippen LogP contribution in [0.4, 0.5) is 0 Å². The van der Waals surface area contributed by atoms with Crippen LogP contribution in [0.25, 0.3) is 0 Å². The number of cyclic esters (lactones) is 2. The van der Waals surface area contributed by atoms with Crippen molar-refractivity contribution >= 4 is 23.7 Å². The first-order chi connectivity index (χ1) is 9.56. The van der Waals surface area contributed by atoms with Gasteiger partial charge in [-0.05, 0) is 26.7 Å². The topological polar surface area (TPSA) is 77.3 Å². The molecule has 2 heterocycles. The maximum absolute atomic E-state index is 11.1. The molecule has 2 unspecified atom stereocenters. The van der Waals surface area contributed by atoms with E-state index in [4.69, 9.17) is 9.47 Å². The first kappa shape index (κ1) is 14.7. The first-order valence-electron chi connectivity index (χ1n) is 7.13. The molecule has 0 spiro atoms. The number of unbranched alkanes of at least 4 members (excludes halogenated alkanes) is 3. The van der Waals surface area contributed by atoms with E-state index in [1.165, 1.54) is 0 Å². The number of aliphatic imine (C=N–C) groups is 2. The monoisotopic (exact) mass is 280 g/mol. The fraction of sp³-hybridized carbons (Fsp3) is 0.714. The quantitative estimate of drug-likeness (QED) is 0.528. The highest BCUT2D eigenvalue weighted by Gasteiger charge is 2.24. The number of hydrogen-bond acceptors (Lipinski definition) is 6. The van der Waals surface area contributed by atoms with E-state index in [0.29, 0.717) is 24.6 Å². The van der Waals surface area contributed by atoms with Gasteiger partial charge in [0.1, 0.15) is 12.1 Å². The summed E-state index contributed by atoms with van der Waals surface area (Å²) in [6.45, 7) is 3.47. The summed E-state index contributed by atoms with van der Waals surface area (Å²) in [7, 11) is 0. The van der Waals surface area contributed by atoms with E-state index in [9.17, 15) is 9.59 Å². The Hall–Kier alpha value is -1.72. The molecule has 0 amide bonds. The van der Waals surface area contributed by atoms with Crippen LogP contribution in [-0.2, 0) is 19.1 Å². The van der Waals surface area contributed by atoms with Crippen LogP contribution in [0.15, 0.2) is 9.98 Å². The molecule has 0 aromatic rings. The average molecular weight is 280 g/mol. The van der Waals surface area contributed by atoms with E-state index in [-0.39, 0.29) is 24.0 Å². The second-order valence-corrected chi connectivity index (χ2v) is 5.15. The number of ether oxygens (including phenoxy) is 2. The highest BCUT2D eigenvalue weighted by atomic mass is 16.6. The van der Waals surface area contributed by atoms with Crippen molar-refractivity contribution < 1.29 is 19.1 Å². The molecule has 0 radical (unpaired) electrons. The van der Waals surface area contributed by atoms with E-state index < -0.39 is 0 Å². The summed E-state index contributed by atoms with van der Waals surface area (Å²) in [4.78, 5) is 30.5. The summed E-state index contributed by atoms with van der Waals surface area (Å²) in [6.07, 6.45) is 5.37. The lowest BCUT2D eigenvalue weighted by Gasteiger charge is -2.01. The summed E-state index contributed by atoms with van der Waals surface area (Å²) < 4.78 is 10.0. The van der Waals surface area contributed by atoms with Gasteiger partial charge < -0.3 is 9.47 Å². The molecule has 0 N–H and O–H groups in total. The van der Waals surface area contributed by atoms with E-state index >= 15 is 0 Å². The lowest BCUT2D eigenvalue weighted by atomic mass is 10.1. The van der Waals surface area contributed by atoms with E-state index in [2.05, 4.69) is 9.98 Å². The Morgan fingerprint density at radius 3 is 1.50 bits per heavy atom. The smallest absolute Gasteiger partial charge is 0.337 e. The zero-order chi connectivity index (χ0) is 14.5. The van der Waals surface area contributed by atoms with Gasteiger partial charge in [-0.2, -0.15) is 0 Å². The number of carbonyl (C=O) groups is 2. The molecular weight excluding hydrogens is 260 g/mol. The number of hydrogen-bond donors (Lipinski definition) is 0. The SMILES string of the molecule is CC1N=C(CCCCCCC2=NC(C)C(=O)O2)OC1=O. The second kappa shape index (κ2) is 6.63. The lowest BCUT2D eigenvalue weighted by Crippen LogP contribution is -2.10. The molecule has 6 nitrogen and oxygen atoms in total. The number of nitrogens with zero attached hydrogens (tertiary/aromatic N) is 2. The van der Waals surface area contributed by atoms with Gasteiger partial charge in [0, 0.05) is 12.8 Å². The van der Waals surface area contributed by atoms with Crippen LogP contribution in [0, 0.1) is 0 Å². The molecule has 6 heteroatoms. The minimum absolute atomic E-state index is 0.254. The van der Waals surface area contributed by atoms with Crippen LogP contribution in [0.1, 0.15) is 52.4 Å². The highest BCUT2D eigenvalue weighted by Crippen LogP contribution is 2.14. The second-order valence-electron chi connectivity index (χ2n) is 5.15. The van der Waals surface area contributed by atoms with Crippen molar-refractivity contribution in [3.05, 3.63) is 0 Å². The maximum atomic E-state index is 11.1. The molecule has 0 saturated carbocycles. The van der Waals surface area contributed by atoms with Crippen molar-refractivity contribution in [3.8, 4) is 0 Å². The molecule has 0 fully saturated rings. The Bertz CT molecular complexity index is 414. The van der Waals surface area contributed by atoms with Gasteiger partial charge in [-0.25, -0.2) is 19.6 Å². The van der Waals surface area contributed by atoms with Gasteiger partial charge in [-0.3, -0.25) is 0 Å². The Kier molecular flexibility index (Phi) is 4.87. The van der Waals surface area contributed by atoms with Crippen LogP contribution in [0.2, 0.25) is 0 Å². The average Bonchev–Trinajstić information content (AvgIpc) is 2.88. The molecule has 0 aliphatic carbocycles. The van der Waals surface area contributed by atoms with Crippen molar-refractivity contribution in [2.75, 3.05) is 0 Å². The van der Waals surface area contributed by atoms with Gasteiger partial charge in [0.05, 0.1) is 0 Å². The van der Waals surface area contributed by atoms with Crippen molar-refractivity contribution in [2.24, 2.45) is 9.98 Å². The zero-order valence-corrected chi connectivity index (χ0v) is 11.9. The lowest BCUT2D eigenvalue weighted by molar-refractivity contribution is -0.135. The molecule has 20 heavy (non-hydrogen) atoms. The van der Waals surface area contributed by atoms with Crippen molar-refractivity contribution in [3.63, 3.8) is 0 Å². The highest BCUT2D eigenvalue weighted by molar-refractivity contribution is 5.97. The minimum atomic E-state index is -0.345. The van der Waals surface area contributed by atoms with Crippen molar-refractivity contribution in [1.82, 2.24) is 0 Å². The van der Waals surface area contributed by atoms with Gasteiger partial charge in [0.25, 0.3) is 0 Å². The van der Waals surface area contributed by atoms with Gasteiger partial charge >= 0.3 is 11.9 Å². The van der Waals surface area contributed by atoms with Gasteiger partial charge in [-0.15, -0.1) is 0 Å². The normalized spacial score (nSPS) is 25.3. The van der Waals surface area contributed by atoms with Crippen LogP contribution >= 0.6 is 0 Å². The standard InChI is InChI=1S/C14H20N2O4/c1-9-13(17)19-11(15-9)7-5-3-4-6-8-12-16-10(2)14(18)20-12/h9-10H,3-8H2,1-2H3. The van der Waals surface area contributed by atoms with Gasteiger partial charge in [0.2, 0.25) is 0 Å². The minimum Gasteiger partial charge on any atom is -0.410 e. The predicted molar refractivity (Wildman–Crippen MR) is 73.7 cm³/mol. The van der Waals surface area contributed by atoms with E-state index in [1.807, 2.05) is 0 Å². The molecule has 2 rings (SSSR count). The number of rotatable bonds is 7. The summed E-state index contributed by atoms with van der Waals surface area (Å²) in [5, 5.41) is 0. The van der Waals surface area contributed by atoms with Crippen LogP contribution < -0.4 is 0 Å². The Morgan fingerprint density at radius 2 is 1.20 bits per heavy atom. The summed E-state index contributed by atoms with van der Waals surface area (Å²) in [5.41, 5.74) is 0. The molecule has 0 saturated heterocycles. The molecule has 0 aromatic carbocycles. The van der Waals surface area contributed by atoms with E-state index in [1.54, 1.807) is 13.8 Å². The van der Waals surface area contributed by atoms with Crippen LogP contribution in [0.3, 0.4) is 0 Å².